The molecule has 4 fully saturated rings. The number of rotatable bonds is 0. The Hall–Kier alpha value is -1.32. The Morgan fingerprint density at radius 2 is 0.917 bits per heavy atom. The molecule has 0 saturated heterocycles. The van der Waals surface area contributed by atoms with Gasteiger partial charge in [0, 0.05) is 22.7 Å². The van der Waals surface area contributed by atoms with Gasteiger partial charge in [-0.3, -0.25) is 19.2 Å². The second kappa shape index (κ2) is 4.64. The molecular formula is C20H28O4. The van der Waals surface area contributed by atoms with E-state index in [9.17, 15) is 19.2 Å². The average Bonchev–Trinajstić information content (AvgIpc) is 2.96. The molecule has 132 valence electrons. The third-order valence-electron chi connectivity index (χ3n) is 8.54. The number of carbonyl (C=O) groups excluding carboxylic acids is 4. The first-order valence-corrected chi connectivity index (χ1v) is 8.99. The lowest BCUT2D eigenvalue weighted by molar-refractivity contribution is -0.141. The molecule has 0 N–H and O–H groups in total. The number of Topliss-reactive ketones (excluding diaryl/α,β-unsaturated/α-hetero) is 4. The highest BCUT2D eigenvalue weighted by Crippen LogP contribution is 2.62. The molecule has 0 aliphatic heterocycles. The normalized spacial score (nSPS) is 44.1. The van der Waals surface area contributed by atoms with E-state index in [2.05, 4.69) is 0 Å². The van der Waals surface area contributed by atoms with Crippen LogP contribution < -0.4 is 0 Å². The van der Waals surface area contributed by atoms with Crippen LogP contribution >= 0.6 is 0 Å². The molecule has 4 rings (SSSR count). The fraction of sp³-hybridized carbons (Fsp3) is 0.800. The van der Waals surface area contributed by atoms with Crippen molar-refractivity contribution in [1.29, 1.82) is 0 Å². The maximum Gasteiger partial charge on any atom is 0.205 e. The molecule has 24 heavy (non-hydrogen) atoms. The Morgan fingerprint density at radius 1 is 0.625 bits per heavy atom. The van der Waals surface area contributed by atoms with Crippen LogP contribution in [-0.2, 0) is 19.2 Å². The van der Waals surface area contributed by atoms with Crippen LogP contribution in [0, 0.1) is 33.5 Å². The highest BCUT2D eigenvalue weighted by molar-refractivity contribution is 6.43. The summed E-state index contributed by atoms with van der Waals surface area (Å²) >= 11 is 0. The van der Waals surface area contributed by atoms with Crippen LogP contribution in [0.15, 0.2) is 0 Å². The monoisotopic (exact) mass is 332 g/mol. The molecule has 4 saturated carbocycles. The zero-order valence-corrected chi connectivity index (χ0v) is 15.6. The predicted octanol–water partition coefficient (Wildman–Crippen LogP) is 3.16. The first kappa shape index (κ1) is 17.5. The first-order valence-electron chi connectivity index (χ1n) is 8.99. The van der Waals surface area contributed by atoms with Gasteiger partial charge in [0.25, 0.3) is 0 Å². The average molecular weight is 332 g/mol. The zero-order chi connectivity index (χ0) is 18.3. The minimum Gasteiger partial charge on any atom is -0.291 e. The Morgan fingerprint density at radius 3 is 1.04 bits per heavy atom. The number of ketones is 4. The maximum atomic E-state index is 11.6. The molecule has 4 bridgehead atoms. The van der Waals surface area contributed by atoms with E-state index in [1.54, 1.807) is 0 Å². The van der Waals surface area contributed by atoms with Crippen molar-refractivity contribution >= 4 is 23.1 Å². The second-order valence-corrected chi connectivity index (χ2v) is 9.68. The number of carbonyl (C=O) groups is 4. The second-order valence-electron chi connectivity index (χ2n) is 9.68. The smallest absolute Gasteiger partial charge is 0.205 e. The topological polar surface area (TPSA) is 68.3 Å². The molecule has 4 nitrogen and oxygen atoms in total. The zero-order valence-electron chi connectivity index (χ0n) is 15.6. The summed E-state index contributed by atoms with van der Waals surface area (Å²) in [5, 5.41) is 0. The molecule has 4 atom stereocenters. The highest BCUT2D eigenvalue weighted by atomic mass is 16.2. The summed E-state index contributed by atoms with van der Waals surface area (Å²) in [4.78, 5) is 46.0. The van der Waals surface area contributed by atoms with Crippen LogP contribution in [0.5, 0.6) is 0 Å². The van der Waals surface area contributed by atoms with Gasteiger partial charge in [-0.2, -0.15) is 0 Å². The highest BCUT2D eigenvalue weighted by Gasteiger charge is 2.67. The molecule has 4 aliphatic rings. The van der Waals surface area contributed by atoms with Gasteiger partial charge in [-0.05, 0) is 36.5 Å². The van der Waals surface area contributed by atoms with Gasteiger partial charge < -0.3 is 0 Å². The van der Waals surface area contributed by atoms with Gasteiger partial charge >= 0.3 is 0 Å². The molecule has 0 radical (unpaired) electrons. The van der Waals surface area contributed by atoms with E-state index in [0.29, 0.717) is 0 Å². The van der Waals surface area contributed by atoms with Gasteiger partial charge in [0.1, 0.15) is 0 Å². The summed E-state index contributed by atoms with van der Waals surface area (Å²) in [6.45, 7) is 12.1. The van der Waals surface area contributed by atoms with E-state index in [0.717, 1.165) is 25.7 Å². The Bertz CT molecular complexity index is 613. The lowest BCUT2D eigenvalue weighted by Gasteiger charge is -2.31. The summed E-state index contributed by atoms with van der Waals surface area (Å²) in [5.74, 6) is -0.458. The maximum absolute atomic E-state index is 11.6. The summed E-state index contributed by atoms with van der Waals surface area (Å²) in [6.07, 6.45) is 3.62. The van der Waals surface area contributed by atoms with Crippen LogP contribution in [0.1, 0.15) is 67.2 Å². The van der Waals surface area contributed by atoms with Gasteiger partial charge in [-0.1, -0.05) is 41.5 Å². The van der Waals surface area contributed by atoms with Crippen molar-refractivity contribution < 1.29 is 19.2 Å². The van der Waals surface area contributed by atoms with E-state index in [4.69, 9.17) is 0 Å². The van der Waals surface area contributed by atoms with Crippen molar-refractivity contribution in [2.75, 3.05) is 0 Å². The minimum absolute atomic E-state index is 0.00926. The Kier molecular flexibility index (Phi) is 3.39. The van der Waals surface area contributed by atoms with Crippen molar-refractivity contribution in [3.05, 3.63) is 0 Å². The van der Waals surface area contributed by atoms with E-state index in [-0.39, 0.29) is 56.6 Å². The van der Waals surface area contributed by atoms with Crippen molar-refractivity contribution in [2.24, 2.45) is 33.5 Å². The number of hydrogen-bond acceptors (Lipinski definition) is 4. The quantitative estimate of drug-likeness (QED) is 0.639. The molecule has 0 aromatic carbocycles. The van der Waals surface area contributed by atoms with E-state index >= 15 is 0 Å². The standard InChI is InChI=1S/2C10H14O2/c2*1-9(2)6-4-5-10(9,3)8(12)7(6)11/h2*6H,4-5H2,1-3H3. The molecule has 4 heteroatoms. The van der Waals surface area contributed by atoms with Crippen molar-refractivity contribution in [2.45, 2.75) is 67.2 Å². The van der Waals surface area contributed by atoms with Crippen LogP contribution in [0.2, 0.25) is 0 Å². The third kappa shape index (κ3) is 1.70. The van der Waals surface area contributed by atoms with Crippen molar-refractivity contribution in [1.82, 2.24) is 0 Å². The molecule has 4 aliphatic carbocycles. The van der Waals surface area contributed by atoms with Gasteiger partial charge in [0.05, 0.1) is 0 Å². The summed E-state index contributed by atoms with van der Waals surface area (Å²) in [6, 6.07) is 0. The third-order valence-corrected chi connectivity index (χ3v) is 8.54. The first-order chi connectivity index (χ1) is 10.8. The minimum atomic E-state index is -0.352. The predicted molar refractivity (Wildman–Crippen MR) is 89.3 cm³/mol. The van der Waals surface area contributed by atoms with E-state index in [1.165, 1.54) is 0 Å². The molecule has 0 aromatic rings. The molecule has 0 aromatic heterocycles. The summed E-state index contributed by atoms with van der Waals surface area (Å²) < 4.78 is 0. The molecular weight excluding hydrogens is 304 g/mol. The van der Waals surface area contributed by atoms with E-state index in [1.807, 2.05) is 41.5 Å². The summed E-state index contributed by atoms with van der Waals surface area (Å²) in [7, 11) is 0. The molecule has 4 unspecified atom stereocenters. The van der Waals surface area contributed by atoms with Gasteiger partial charge in [-0.25, -0.2) is 0 Å². The number of fused-ring (bicyclic) bond motifs is 4. The Labute approximate surface area is 143 Å². The fourth-order valence-electron chi connectivity index (χ4n) is 5.59. The lowest BCUT2D eigenvalue weighted by Crippen LogP contribution is -2.33. The van der Waals surface area contributed by atoms with E-state index < -0.39 is 0 Å². The SMILES string of the molecule is CC12CCC(C(=O)C1=O)C2(C)C.CC12CCC(C(=O)C1=O)C2(C)C. The molecule has 0 spiro atoms. The van der Waals surface area contributed by atoms with Gasteiger partial charge in [0.15, 0.2) is 0 Å². The summed E-state index contributed by atoms with van der Waals surface area (Å²) in [5.41, 5.74) is -0.897. The van der Waals surface area contributed by atoms with Crippen LogP contribution in [0.4, 0.5) is 0 Å². The van der Waals surface area contributed by atoms with Crippen molar-refractivity contribution in [3.63, 3.8) is 0 Å². The number of hydrogen-bond donors (Lipinski definition) is 0. The largest absolute Gasteiger partial charge is 0.291 e. The Balaban J connectivity index is 0.000000141. The molecule has 0 heterocycles. The van der Waals surface area contributed by atoms with Crippen LogP contribution in [0.3, 0.4) is 0 Å². The fourth-order valence-corrected chi connectivity index (χ4v) is 5.59. The van der Waals surface area contributed by atoms with Crippen molar-refractivity contribution in [3.8, 4) is 0 Å². The van der Waals surface area contributed by atoms with Crippen LogP contribution in [-0.4, -0.2) is 23.1 Å². The van der Waals surface area contributed by atoms with Gasteiger partial charge in [0.2, 0.25) is 23.1 Å². The molecule has 0 amide bonds. The van der Waals surface area contributed by atoms with Gasteiger partial charge in [-0.15, -0.1) is 0 Å². The lowest BCUT2D eigenvalue weighted by atomic mass is 9.70. The van der Waals surface area contributed by atoms with Crippen LogP contribution in [0.25, 0.3) is 0 Å².